The first-order valence-electron chi connectivity index (χ1n) is 4.65. The van der Waals surface area contributed by atoms with E-state index in [0.717, 1.165) is 0 Å². The van der Waals surface area contributed by atoms with Crippen LogP contribution in [0.25, 0.3) is 11.1 Å². The van der Waals surface area contributed by atoms with Crippen LogP contribution in [0.3, 0.4) is 0 Å². The Morgan fingerprint density at radius 3 is 2.79 bits per heavy atom. The zero-order valence-electron chi connectivity index (χ0n) is 8.16. The first-order chi connectivity index (χ1) is 6.81. The first-order valence-corrected chi connectivity index (χ1v) is 5.52. The van der Waals surface area contributed by atoms with Crippen LogP contribution >= 0.6 is 11.3 Å². The number of benzene rings is 1. The van der Waals surface area contributed by atoms with Crippen molar-refractivity contribution in [3.63, 3.8) is 0 Å². The minimum absolute atomic E-state index is 0.608. The van der Waals surface area contributed by atoms with E-state index in [1.807, 2.05) is 0 Å². The molecule has 0 radical (unpaired) electrons. The molecule has 0 aliphatic heterocycles. The molecule has 1 aromatic carbocycles. The van der Waals surface area contributed by atoms with Crippen LogP contribution in [-0.2, 0) is 6.54 Å². The molecule has 72 valence electrons. The fourth-order valence-corrected chi connectivity index (χ4v) is 2.27. The van der Waals surface area contributed by atoms with E-state index >= 15 is 0 Å². The van der Waals surface area contributed by atoms with Gasteiger partial charge in [-0.2, -0.15) is 0 Å². The van der Waals surface area contributed by atoms with E-state index in [-0.39, 0.29) is 0 Å². The minimum atomic E-state index is 0.608. The summed E-state index contributed by atoms with van der Waals surface area (Å²) in [5.41, 5.74) is 9.40. The molecule has 14 heavy (non-hydrogen) atoms. The quantitative estimate of drug-likeness (QED) is 0.797. The third kappa shape index (κ3) is 1.72. The zero-order valence-corrected chi connectivity index (χ0v) is 8.97. The molecule has 0 unspecified atom stereocenters. The molecule has 0 saturated heterocycles. The van der Waals surface area contributed by atoms with Crippen molar-refractivity contribution in [2.24, 2.45) is 5.73 Å². The maximum atomic E-state index is 5.61. The largest absolute Gasteiger partial charge is 0.326 e. The Balaban J connectivity index is 2.47. The van der Waals surface area contributed by atoms with E-state index in [2.05, 4.69) is 42.6 Å². The van der Waals surface area contributed by atoms with E-state index in [9.17, 15) is 0 Å². The molecule has 0 atom stereocenters. The SMILES string of the molecule is Cc1sccc1-c1cccc(CN)c1. The van der Waals surface area contributed by atoms with Crippen molar-refractivity contribution in [1.29, 1.82) is 0 Å². The fourth-order valence-electron chi connectivity index (χ4n) is 1.55. The molecule has 2 N–H and O–H groups in total. The maximum Gasteiger partial charge on any atom is 0.0178 e. The van der Waals surface area contributed by atoms with Crippen molar-refractivity contribution in [3.05, 3.63) is 46.2 Å². The van der Waals surface area contributed by atoms with Crippen LogP contribution in [0.1, 0.15) is 10.4 Å². The van der Waals surface area contributed by atoms with Gasteiger partial charge in [-0.05, 0) is 41.1 Å². The monoisotopic (exact) mass is 203 g/mol. The summed E-state index contributed by atoms with van der Waals surface area (Å²) in [5, 5.41) is 2.12. The van der Waals surface area contributed by atoms with Gasteiger partial charge >= 0.3 is 0 Å². The Morgan fingerprint density at radius 1 is 1.29 bits per heavy atom. The first kappa shape index (κ1) is 9.44. The molecule has 0 amide bonds. The van der Waals surface area contributed by atoms with E-state index in [4.69, 9.17) is 5.73 Å². The smallest absolute Gasteiger partial charge is 0.0178 e. The van der Waals surface area contributed by atoms with Gasteiger partial charge in [0.25, 0.3) is 0 Å². The van der Waals surface area contributed by atoms with Crippen LogP contribution < -0.4 is 5.73 Å². The fraction of sp³-hybridized carbons (Fsp3) is 0.167. The second-order valence-electron chi connectivity index (χ2n) is 3.29. The molecule has 2 aromatic rings. The Hall–Kier alpha value is -1.12. The second kappa shape index (κ2) is 3.95. The van der Waals surface area contributed by atoms with Gasteiger partial charge in [-0.1, -0.05) is 18.2 Å². The lowest BCUT2D eigenvalue weighted by molar-refractivity contribution is 1.07. The van der Waals surface area contributed by atoms with E-state index in [1.54, 1.807) is 11.3 Å². The average molecular weight is 203 g/mol. The van der Waals surface area contributed by atoms with E-state index in [1.165, 1.54) is 21.6 Å². The van der Waals surface area contributed by atoms with Crippen LogP contribution in [0.4, 0.5) is 0 Å². The number of aryl methyl sites for hydroxylation is 1. The summed E-state index contributed by atoms with van der Waals surface area (Å²) in [5.74, 6) is 0. The second-order valence-corrected chi connectivity index (χ2v) is 4.42. The van der Waals surface area contributed by atoms with Crippen LogP contribution in [0.15, 0.2) is 35.7 Å². The van der Waals surface area contributed by atoms with Gasteiger partial charge in [-0.3, -0.25) is 0 Å². The molecule has 2 rings (SSSR count). The lowest BCUT2D eigenvalue weighted by Crippen LogP contribution is -1.95. The summed E-state index contributed by atoms with van der Waals surface area (Å²) in [6.07, 6.45) is 0. The number of thiophene rings is 1. The lowest BCUT2D eigenvalue weighted by Gasteiger charge is -2.02. The number of rotatable bonds is 2. The highest BCUT2D eigenvalue weighted by Gasteiger charge is 2.02. The van der Waals surface area contributed by atoms with Crippen molar-refractivity contribution in [1.82, 2.24) is 0 Å². The van der Waals surface area contributed by atoms with Gasteiger partial charge in [0.2, 0.25) is 0 Å². The number of hydrogen-bond donors (Lipinski definition) is 1. The molecule has 0 fully saturated rings. The Bertz CT molecular complexity index is 431. The molecule has 1 nitrogen and oxygen atoms in total. The summed E-state index contributed by atoms with van der Waals surface area (Å²) < 4.78 is 0. The van der Waals surface area contributed by atoms with Gasteiger partial charge < -0.3 is 5.73 Å². The summed E-state index contributed by atoms with van der Waals surface area (Å²) in [4.78, 5) is 1.36. The van der Waals surface area contributed by atoms with Crippen molar-refractivity contribution >= 4 is 11.3 Å². The van der Waals surface area contributed by atoms with E-state index in [0.29, 0.717) is 6.54 Å². The summed E-state index contributed by atoms with van der Waals surface area (Å²) in [7, 11) is 0. The van der Waals surface area contributed by atoms with Gasteiger partial charge in [-0.25, -0.2) is 0 Å². The predicted molar refractivity (Wildman–Crippen MR) is 62.4 cm³/mol. The van der Waals surface area contributed by atoms with Gasteiger partial charge in [0.15, 0.2) is 0 Å². The van der Waals surface area contributed by atoms with Crippen LogP contribution in [-0.4, -0.2) is 0 Å². The normalized spacial score (nSPS) is 10.4. The third-order valence-corrected chi connectivity index (χ3v) is 3.18. The molecule has 1 heterocycles. The predicted octanol–water partition coefficient (Wildman–Crippen LogP) is 3.18. The number of nitrogens with two attached hydrogens (primary N) is 1. The van der Waals surface area contributed by atoms with Crippen LogP contribution in [0, 0.1) is 6.92 Å². The number of hydrogen-bond acceptors (Lipinski definition) is 2. The average Bonchev–Trinajstić information content (AvgIpc) is 2.65. The molecular weight excluding hydrogens is 190 g/mol. The minimum Gasteiger partial charge on any atom is -0.326 e. The van der Waals surface area contributed by atoms with Gasteiger partial charge in [0.1, 0.15) is 0 Å². The van der Waals surface area contributed by atoms with E-state index < -0.39 is 0 Å². The Labute approximate surface area is 88.2 Å². The summed E-state index contributed by atoms with van der Waals surface area (Å²) >= 11 is 1.78. The van der Waals surface area contributed by atoms with Crippen molar-refractivity contribution in [2.45, 2.75) is 13.5 Å². The highest BCUT2D eigenvalue weighted by molar-refractivity contribution is 7.10. The summed E-state index contributed by atoms with van der Waals surface area (Å²) in [6.45, 7) is 2.76. The van der Waals surface area contributed by atoms with Crippen molar-refractivity contribution < 1.29 is 0 Å². The maximum absolute atomic E-state index is 5.61. The molecular formula is C12H13NS. The van der Waals surface area contributed by atoms with Gasteiger partial charge in [-0.15, -0.1) is 11.3 Å². The van der Waals surface area contributed by atoms with Gasteiger partial charge in [0.05, 0.1) is 0 Å². The Kier molecular flexibility index (Phi) is 2.66. The molecule has 0 spiro atoms. The molecule has 0 saturated carbocycles. The molecule has 0 aliphatic rings. The zero-order chi connectivity index (χ0) is 9.97. The molecule has 2 heteroatoms. The summed E-state index contributed by atoms with van der Waals surface area (Å²) in [6, 6.07) is 10.6. The van der Waals surface area contributed by atoms with Crippen molar-refractivity contribution in [2.75, 3.05) is 0 Å². The molecule has 1 aromatic heterocycles. The topological polar surface area (TPSA) is 26.0 Å². The highest BCUT2D eigenvalue weighted by Crippen LogP contribution is 2.27. The molecule has 0 bridgehead atoms. The van der Waals surface area contributed by atoms with Gasteiger partial charge in [0, 0.05) is 11.4 Å². The van der Waals surface area contributed by atoms with Crippen LogP contribution in [0.2, 0.25) is 0 Å². The van der Waals surface area contributed by atoms with Crippen LogP contribution in [0.5, 0.6) is 0 Å². The van der Waals surface area contributed by atoms with Crippen molar-refractivity contribution in [3.8, 4) is 11.1 Å². The third-order valence-electron chi connectivity index (χ3n) is 2.33. The highest BCUT2D eigenvalue weighted by atomic mass is 32.1. The standard InChI is InChI=1S/C12H13NS/c1-9-12(5-6-14-9)11-4-2-3-10(7-11)8-13/h2-7H,8,13H2,1H3. The Morgan fingerprint density at radius 2 is 2.14 bits per heavy atom. The lowest BCUT2D eigenvalue weighted by atomic mass is 10.0. The molecule has 0 aliphatic carbocycles.